The van der Waals surface area contributed by atoms with E-state index in [0.717, 1.165) is 11.0 Å². The van der Waals surface area contributed by atoms with Crippen molar-refractivity contribution in [3.63, 3.8) is 0 Å². The molecule has 1 aromatic carbocycles. The van der Waals surface area contributed by atoms with E-state index >= 15 is 0 Å². The molecule has 0 aliphatic rings. The monoisotopic (exact) mass is 208 g/mol. The number of fused-ring (bicyclic) bond motifs is 1. The molecule has 0 saturated carbocycles. The van der Waals surface area contributed by atoms with Crippen LogP contribution in [-0.4, -0.2) is 15.5 Å². The van der Waals surface area contributed by atoms with Crippen LogP contribution in [-0.2, 0) is 5.88 Å². The van der Waals surface area contributed by atoms with Crippen molar-refractivity contribution in [1.82, 2.24) is 9.55 Å². The predicted octanol–water partition coefficient (Wildman–Crippen LogP) is 2.44. The Morgan fingerprint density at radius 2 is 2.21 bits per heavy atom. The first-order chi connectivity index (χ1) is 6.74. The minimum absolute atomic E-state index is 0.0608. The van der Waals surface area contributed by atoms with Crippen LogP contribution in [0.1, 0.15) is 17.5 Å². The number of carbonyl (C=O) groups is 1. The number of nitrogens with zero attached hydrogens (tertiary/aromatic N) is 2. The molecule has 0 bridgehead atoms. The average molecular weight is 209 g/mol. The van der Waals surface area contributed by atoms with Gasteiger partial charge < -0.3 is 0 Å². The zero-order chi connectivity index (χ0) is 10.1. The van der Waals surface area contributed by atoms with Crippen LogP contribution in [0.2, 0.25) is 0 Å². The summed E-state index contributed by atoms with van der Waals surface area (Å²) in [5.74, 6) is 0.781. The van der Waals surface area contributed by atoms with Crippen molar-refractivity contribution >= 4 is 28.5 Å². The Bertz CT molecular complexity index is 490. The zero-order valence-corrected chi connectivity index (χ0v) is 8.45. The number of benzene rings is 1. The summed E-state index contributed by atoms with van der Waals surface area (Å²) in [6, 6.07) is 7.49. The van der Waals surface area contributed by atoms with Gasteiger partial charge in [0.1, 0.15) is 5.82 Å². The number of para-hydroxylation sites is 2. The fraction of sp³-hybridized carbons (Fsp3) is 0.200. The summed E-state index contributed by atoms with van der Waals surface area (Å²) >= 11 is 5.71. The fourth-order valence-electron chi connectivity index (χ4n) is 1.52. The molecule has 2 rings (SSSR count). The second-order valence-electron chi connectivity index (χ2n) is 3.00. The third kappa shape index (κ3) is 1.30. The molecule has 0 atom stereocenters. The SMILES string of the molecule is CC(=O)n1c(CCl)nc2ccccc21. The van der Waals surface area contributed by atoms with E-state index in [4.69, 9.17) is 11.6 Å². The van der Waals surface area contributed by atoms with Crippen LogP contribution in [0.5, 0.6) is 0 Å². The summed E-state index contributed by atoms with van der Waals surface area (Å²) in [6.07, 6.45) is 0. The highest BCUT2D eigenvalue weighted by atomic mass is 35.5. The van der Waals surface area contributed by atoms with Crippen molar-refractivity contribution < 1.29 is 4.79 Å². The van der Waals surface area contributed by atoms with E-state index in [0.29, 0.717) is 5.82 Å². The lowest BCUT2D eigenvalue weighted by atomic mass is 10.3. The second-order valence-corrected chi connectivity index (χ2v) is 3.27. The molecule has 14 heavy (non-hydrogen) atoms. The van der Waals surface area contributed by atoms with E-state index in [1.165, 1.54) is 6.92 Å². The number of alkyl halides is 1. The highest BCUT2D eigenvalue weighted by Crippen LogP contribution is 2.16. The quantitative estimate of drug-likeness (QED) is 0.675. The first kappa shape index (κ1) is 9.21. The van der Waals surface area contributed by atoms with Crippen molar-refractivity contribution in [3.8, 4) is 0 Å². The molecule has 0 amide bonds. The summed E-state index contributed by atoms with van der Waals surface area (Å²) in [4.78, 5) is 15.6. The van der Waals surface area contributed by atoms with Crippen LogP contribution in [0.4, 0.5) is 0 Å². The van der Waals surface area contributed by atoms with Crippen molar-refractivity contribution in [2.75, 3.05) is 0 Å². The molecule has 1 aromatic heterocycles. The highest BCUT2D eigenvalue weighted by Gasteiger charge is 2.11. The summed E-state index contributed by atoms with van der Waals surface area (Å²) < 4.78 is 1.54. The Morgan fingerprint density at radius 1 is 1.50 bits per heavy atom. The number of halogens is 1. The molecule has 72 valence electrons. The minimum atomic E-state index is -0.0608. The van der Waals surface area contributed by atoms with E-state index in [9.17, 15) is 4.79 Å². The van der Waals surface area contributed by atoms with Crippen LogP contribution < -0.4 is 0 Å². The normalized spacial score (nSPS) is 10.7. The molecular weight excluding hydrogens is 200 g/mol. The predicted molar refractivity (Wildman–Crippen MR) is 55.6 cm³/mol. The van der Waals surface area contributed by atoms with E-state index in [1.807, 2.05) is 24.3 Å². The van der Waals surface area contributed by atoms with Crippen LogP contribution in [0.25, 0.3) is 11.0 Å². The molecule has 1 heterocycles. The van der Waals surface area contributed by atoms with Gasteiger partial charge in [-0.05, 0) is 12.1 Å². The highest BCUT2D eigenvalue weighted by molar-refractivity contribution is 6.17. The Kier molecular flexibility index (Phi) is 2.25. The number of aromatic nitrogens is 2. The maximum atomic E-state index is 11.4. The molecule has 0 spiro atoms. The first-order valence-corrected chi connectivity index (χ1v) is 4.80. The smallest absolute Gasteiger partial charge is 0.229 e. The Labute approximate surface area is 86.3 Å². The van der Waals surface area contributed by atoms with E-state index in [-0.39, 0.29) is 11.8 Å². The first-order valence-electron chi connectivity index (χ1n) is 4.27. The standard InChI is InChI=1S/C10H9ClN2O/c1-7(14)13-9-5-3-2-4-8(9)12-10(13)6-11/h2-5H,6H2,1H3. The Hall–Kier alpha value is -1.35. The molecule has 0 fully saturated rings. The van der Waals surface area contributed by atoms with Gasteiger partial charge in [0.15, 0.2) is 0 Å². The third-order valence-electron chi connectivity index (χ3n) is 2.06. The van der Waals surface area contributed by atoms with Gasteiger partial charge in [-0.15, -0.1) is 11.6 Å². The van der Waals surface area contributed by atoms with Crippen LogP contribution >= 0.6 is 11.6 Å². The third-order valence-corrected chi connectivity index (χ3v) is 2.30. The molecular formula is C10H9ClN2O. The molecule has 2 aromatic rings. The van der Waals surface area contributed by atoms with Gasteiger partial charge >= 0.3 is 0 Å². The Balaban J connectivity index is 2.81. The number of imidazole rings is 1. The zero-order valence-electron chi connectivity index (χ0n) is 7.70. The van der Waals surface area contributed by atoms with Crippen LogP contribution in [0.3, 0.4) is 0 Å². The minimum Gasteiger partial charge on any atom is -0.274 e. The second kappa shape index (κ2) is 3.42. The van der Waals surface area contributed by atoms with Gasteiger partial charge in [0.25, 0.3) is 0 Å². The van der Waals surface area contributed by atoms with Gasteiger partial charge in [-0.1, -0.05) is 12.1 Å². The maximum absolute atomic E-state index is 11.4. The van der Waals surface area contributed by atoms with Gasteiger partial charge in [-0.2, -0.15) is 0 Å². The van der Waals surface area contributed by atoms with Crippen molar-refractivity contribution in [2.24, 2.45) is 0 Å². The topological polar surface area (TPSA) is 34.9 Å². The average Bonchev–Trinajstić information content (AvgIpc) is 2.55. The largest absolute Gasteiger partial charge is 0.274 e. The number of hydrogen-bond acceptors (Lipinski definition) is 2. The van der Waals surface area contributed by atoms with Crippen molar-refractivity contribution in [2.45, 2.75) is 12.8 Å². The molecule has 0 aliphatic carbocycles. The number of carbonyl (C=O) groups excluding carboxylic acids is 1. The van der Waals surface area contributed by atoms with Gasteiger partial charge in [-0.25, -0.2) is 4.98 Å². The van der Waals surface area contributed by atoms with Crippen molar-refractivity contribution in [1.29, 1.82) is 0 Å². The molecule has 0 N–H and O–H groups in total. The van der Waals surface area contributed by atoms with Gasteiger partial charge in [0.2, 0.25) is 5.91 Å². The summed E-state index contributed by atoms with van der Waals surface area (Å²) in [7, 11) is 0. The van der Waals surface area contributed by atoms with Gasteiger partial charge in [-0.3, -0.25) is 9.36 Å². The van der Waals surface area contributed by atoms with Crippen molar-refractivity contribution in [3.05, 3.63) is 30.1 Å². The van der Waals surface area contributed by atoms with Gasteiger partial charge in [0.05, 0.1) is 16.9 Å². The molecule has 0 radical (unpaired) electrons. The molecule has 4 heteroatoms. The molecule has 0 saturated heterocycles. The molecule has 3 nitrogen and oxygen atoms in total. The fourth-order valence-corrected chi connectivity index (χ4v) is 1.70. The lowest BCUT2D eigenvalue weighted by molar-refractivity contribution is 0.0938. The van der Waals surface area contributed by atoms with E-state index in [1.54, 1.807) is 4.57 Å². The molecule has 0 unspecified atom stereocenters. The summed E-state index contributed by atoms with van der Waals surface area (Å²) in [5, 5.41) is 0. The number of rotatable bonds is 1. The molecule has 0 aliphatic heterocycles. The lowest BCUT2D eigenvalue weighted by Gasteiger charge is -2.00. The van der Waals surface area contributed by atoms with E-state index in [2.05, 4.69) is 4.98 Å². The van der Waals surface area contributed by atoms with Crippen LogP contribution in [0.15, 0.2) is 24.3 Å². The Morgan fingerprint density at radius 3 is 2.86 bits per heavy atom. The van der Waals surface area contributed by atoms with Gasteiger partial charge in [0, 0.05) is 6.92 Å². The summed E-state index contributed by atoms with van der Waals surface area (Å²) in [5.41, 5.74) is 1.62. The van der Waals surface area contributed by atoms with Crippen LogP contribution in [0, 0.1) is 0 Å². The van der Waals surface area contributed by atoms with E-state index < -0.39 is 0 Å². The maximum Gasteiger partial charge on any atom is 0.229 e. The summed E-state index contributed by atoms with van der Waals surface area (Å²) in [6.45, 7) is 1.50. The lowest BCUT2D eigenvalue weighted by Crippen LogP contribution is -2.08. The number of hydrogen-bond donors (Lipinski definition) is 0.